The molecule has 3 nitrogen and oxygen atoms in total. The Morgan fingerprint density at radius 1 is 0.875 bits per heavy atom. The van der Waals surface area contributed by atoms with E-state index in [0.717, 1.165) is 22.0 Å². The number of hydrogen-bond acceptors (Lipinski definition) is 3. The van der Waals surface area contributed by atoms with Crippen LogP contribution >= 0.6 is 0 Å². The van der Waals surface area contributed by atoms with E-state index in [4.69, 9.17) is 0 Å². The first-order valence-corrected chi connectivity index (χ1v) is 5.04. The maximum Gasteiger partial charge on any atom is 0.116 e. The summed E-state index contributed by atoms with van der Waals surface area (Å²) in [4.78, 5) is 12.3. The monoisotopic (exact) mass is 207 g/mol. The van der Waals surface area contributed by atoms with E-state index in [1.165, 1.54) is 0 Å². The predicted octanol–water partition coefficient (Wildman–Crippen LogP) is 2.69. The van der Waals surface area contributed by atoms with Gasteiger partial charge in [0.1, 0.15) is 6.33 Å². The maximum atomic E-state index is 4.24. The van der Waals surface area contributed by atoms with Gasteiger partial charge in [-0.3, -0.25) is 4.98 Å². The Hall–Kier alpha value is -2.29. The Kier molecular flexibility index (Phi) is 2.07. The van der Waals surface area contributed by atoms with Crippen LogP contribution in [0.15, 0.2) is 55.2 Å². The molecule has 0 N–H and O–H groups in total. The number of aromatic nitrogens is 3. The molecule has 0 aliphatic heterocycles. The Balaban J connectivity index is 2.19. The third-order valence-corrected chi connectivity index (χ3v) is 2.50. The first-order valence-electron chi connectivity index (χ1n) is 5.04. The molecule has 0 radical (unpaired) electrons. The number of nitrogens with zero attached hydrogens (tertiary/aromatic N) is 3. The number of fused-ring (bicyclic) bond motifs is 1. The molecule has 0 saturated carbocycles. The van der Waals surface area contributed by atoms with Crippen LogP contribution in [0.2, 0.25) is 0 Å². The number of pyridine rings is 1. The summed E-state index contributed by atoms with van der Waals surface area (Å²) in [5.41, 5.74) is 3.18. The van der Waals surface area contributed by atoms with Crippen molar-refractivity contribution in [3.63, 3.8) is 0 Å². The molecule has 0 fully saturated rings. The van der Waals surface area contributed by atoms with E-state index >= 15 is 0 Å². The molecule has 2 aromatic heterocycles. The predicted molar refractivity (Wildman–Crippen MR) is 62.8 cm³/mol. The van der Waals surface area contributed by atoms with E-state index in [0.29, 0.717) is 0 Å². The minimum absolute atomic E-state index is 0.955. The second-order valence-corrected chi connectivity index (χ2v) is 3.54. The van der Waals surface area contributed by atoms with Gasteiger partial charge in [-0.05, 0) is 17.7 Å². The van der Waals surface area contributed by atoms with Gasteiger partial charge in [-0.25, -0.2) is 9.97 Å². The van der Waals surface area contributed by atoms with Crippen LogP contribution in [0.4, 0.5) is 0 Å². The molecule has 3 heteroatoms. The molecule has 16 heavy (non-hydrogen) atoms. The lowest BCUT2D eigenvalue weighted by molar-refractivity contribution is 1.22. The highest BCUT2D eigenvalue weighted by Crippen LogP contribution is 2.21. The van der Waals surface area contributed by atoms with Gasteiger partial charge in [0.2, 0.25) is 0 Å². The fourth-order valence-electron chi connectivity index (χ4n) is 1.69. The first-order chi connectivity index (χ1) is 7.93. The summed E-state index contributed by atoms with van der Waals surface area (Å²) in [6, 6.07) is 10.1. The number of rotatable bonds is 1. The molecular weight excluding hydrogens is 198 g/mol. The molecule has 0 saturated heterocycles. The summed E-state index contributed by atoms with van der Waals surface area (Å²) < 4.78 is 0. The SMILES string of the molecule is c1cncc(-c2ccc3cncnc3c2)c1. The Morgan fingerprint density at radius 2 is 1.88 bits per heavy atom. The van der Waals surface area contributed by atoms with Crippen molar-refractivity contribution in [2.24, 2.45) is 0 Å². The summed E-state index contributed by atoms with van der Waals surface area (Å²) >= 11 is 0. The number of hydrogen-bond donors (Lipinski definition) is 0. The van der Waals surface area contributed by atoms with Gasteiger partial charge in [-0.15, -0.1) is 0 Å². The van der Waals surface area contributed by atoms with Gasteiger partial charge in [-0.2, -0.15) is 0 Å². The van der Waals surface area contributed by atoms with E-state index in [2.05, 4.69) is 21.0 Å². The molecule has 0 atom stereocenters. The first kappa shape index (κ1) is 8.97. The molecule has 0 aliphatic rings. The average molecular weight is 207 g/mol. The van der Waals surface area contributed by atoms with Gasteiger partial charge in [0.05, 0.1) is 5.52 Å². The van der Waals surface area contributed by atoms with Crippen molar-refractivity contribution in [3.05, 3.63) is 55.2 Å². The second-order valence-electron chi connectivity index (χ2n) is 3.54. The van der Waals surface area contributed by atoms with E-state index < -0.39 is 0 Å². The molecule has 1 aromatic carbocycles. The van der Waals surface area contributed by atoms with Crippen LogP contribution in [0.5, 0.6) is 0 Å². The molecule has 0 aliphatic carbocycles. The van der Waals surface area contributed by atoms with Crippen LogP contribution in [0.3, 0.4) is 0 Å². The van der Waals surface area contributed by atoms with E-state index in [1.807, 2.05) is 36.7 Å². The average Bonchev–Trinajstić information content (AvgIpc) is 2.39. The van der Waals surface area contributed by atoms with Crippen molar-refractivity contribution in [2.45, 2.75) is 0 Å². The van der Waals surface area contributed by atoms with Gasteiger partial charge < -0.3 is 0 Å². The molecule has 3 rings (SSSR count). The van der Waals surface area contributed by atoms with Crippen molar-refractivity contribution < 1.29 is 0 Å². The Morgan fingerprint density at radius 3 is 2.75 bits per heavy atom. The van der Waals surface area contributed by atoms with Crippen molar-refractivity contribution in [1.29, 1.82) is 0 Å². The molecule has 0 bridgehead atoms. The zero-order chi connectivity index (χ0) is 10.8. The summed E-state index contributed by atoms with van der Waals surface area (Å²) in [6.07, 6.45) is 7.00. The highest BCUT2D eigenvalue weighted by Gasteiger charge is 1.99. The Labute approximate surface area is 92.8 Å². The van der Waals surface area contributed by atoms with Crippen molar-refractivity contribution in [2.75, 3.05) is 0 Å². The third kappa shape index (κ3) is 1.52. The molecule has 2 heterocycles. The largest absolute Gasteiger partial charge is 0.264 e. The molecule has 0 spiro atoms. The smallest absolute Gasteiger partial charge is 0.116 e. The summed E-state index contributed by atoms with van der Waals surface area (Å²) in [5, 5.41) is 1.05. The summed E-state index contributed by atoms with van der Waals surface area (Å²) in [5.74, 6) is 0. The zero-order valence-electron chi connectivity index (χ0n) is 8.54. The Bertz CT molecular complexity index is 620. The van der Waals surface area contributed by atoms with Crippen LogP contribution in [-0.4, -0.2) is 15.0 Å². The molecular formula is C13H9N3. The van der Waals surface area contributed by atoms with Gasteiger partial charge in [0, 0.05) is 29.5 Å². The van der Waals surface area contributed by atoms with Crippen molar-refractivity contribution in [1.82, 2.24) is 15.0 Å². The third-order valence-electron chi connectivity index (χ3n) is 2.50. The van der Waals surface area contributed by atoms with Crippen molar-refractivity contribution >= 4 is 10.9 Å². The zero-order valence-corrected chi connectivity index (χ0v) is 8.54. The van der Waals surface area contributed by atoms with Crippen LogP contribution in [0, 0.1) is 0 Å². The topological polar surface area (TPSA) is 38.7 Å². The molecule has 0 unspecified atom stereocenters. The molecule has 76 valence electrons. The lowest BCUT2D eigenvalue weighted by Crippen LogP contribution is -1.83. The lowest BCUT2D eigenvalue weighted by atomic mass is 10.1. The normalized spacial score (nSPS) is 10.5. The molecule has 0 amide bonds. The highest BCUT2D eigenvalue weighted by molar-refractivity contribution is 5.83. The minimum atomic E-state index is 0.955. The van der Waals surface area contributed by atoms with Crippen LogP contribution < -0.4 is 0 Å². The minimum Gasteiger partial charge on any atom is -0.264 e. The van der Waals surface area contributed by atoms with Gasteiger partial charge in [0.15, 0.2) is 0 Å². The standard InChI is InChI=1S/C13H9N3/c1-2-11(7-14-5-1)10-3-4-12-8-15-9-16-13(12)6-10/h1-9H. The fraction of sp³-hybridized carbons (Fsp3) is 0. The maximum absolute atomic E-state index is 4.24. The van der Waals surface area contributed by atoms with Crippen LogP contribution in [0.1, 0.15) is 0 Å². The highest BCUT2D eigenvalue weighted by atomic mass is 14.8. The second kappa shape index (κ2) is 3.70. The lowest BCUT2D eigenvalue weighted by Gasteiger charge is -2.02. The summed E-state index contributed by atoms with van der Waals surface area (Å²) in [6.45, 7) is 0. The molecule has 3 aromatic rings. The van der Waals surface area contributed by atoms with Crippen LogP contribution in [-0.2, 0) is 0 Å². The van der Waals surface area contributed by atoms with E-state index in [-0.39, 0.29) is 0 Å². The van der Waals surface area contributed by atoms with E-state index in [9.17, 15) is 0 Å². The quantitative estimate of drug-likeness (QED) is 0.615. The van der Waals surface area contributed by atoms with Gasteiger partial charge in [0.25, 0.3) is 0 Å². The number of benzene rings is 1. The van der Waals surface area contributed by atoms with Crippen molar-refractivity contribution in [3.8, 4) is 11.1 Å². The van der Waals surface area contributed by atoms with Gasteiger partial charge in [-0.1, -0.05) is 18.2 Å². The van der Waals surface area contributed by atoms with Crippen LogP contribution in [0.25, 0.3) is 22.0 Å². The fourth-order valence-corrected chi connectivity index (χ4v) is 1.69. The van der Waals surface area contributed by atoms with E-state index in [1.54, 1.807) is 12.5 Å². The summed E-state index contributed by atoms with van der Waals surface area (Å²) in [7, 11) is 0. The van der Waals surface area contributed by atoms with Gasteiger partial charge >= 0.3 is 0 Å².